The van der Waals surface area contributed by atoms with Crippen LogP contribution in [0, 0.1) is 0 Å². The molecule has 0 aliphatic carbocycles. The number of rotatable bonds is 3. The maximum absolute atomic E-state index is 5.54. The molecule has 15 heavy (non-hydrogen) atoms. The molecule has 2 aromatic rings. The SMILES string of the molecule is CC(C)n1cncc1-c1nc(CN)cs1. The summed E-state index contributed by atoms with van der Waals surface area (Å²) < 4.78 is 2.11. The van der Waals surface area contributed by atoms with Crippen molar-refractivity contribution in [1.29, 1.82) is 0 Å². The van der Waals surface area contributed by atoms with Crippen molar-refractivity contribution in [1.82, 2.24) is 14.5 Å². The second-order valence-electron chi connectivity index (χ2n) is 3.63. The Morgan fingerprint density at radius 3 is 2.93 bits per heavy atom. The molecule has 0 aromatic carbocycles. The van der Waals surface area contributed by atoms with E-state index in [0.29, 0.717) is 12.6 Å². The van der Waals surface area contributed by atoms with Gasteiger partial charge in [0.15, 0.2) is 0 Å². The summed E-state index contributed by atoms with van der Waals surface area (Å²) in [6, 6.07) is 0.396. The van der Waals surface area contributed by atoms with Crippen LogP contribution in [0.4, 0.5) is 0 Å². The lowest BCUT2D eigenvalue weighted by molar-refractivity contribution is 0.605. The van der Waals surface area contributed by atoms with Crippen molar-refractivity contribution in [3.05, 3.63) is 23.6 Å². The second kappa shape index (κ2) is 4.12. The highest BCUT2D eigenvalue weighted by Gasteiger charge is 2.10. The Labute approximate surface area is 92.8 Å². The van der Waals surface area contributed by atoms with Crippen molar-refractivity contribution < 1.29 is 0 Å². The predicted octanol–water partition coefficient (Wildman–Crippen LogP) is 2.05. The fraction of sp³-hybridized carbons (Fsp3) is 0.400. The molecule has 0 aliphatic rings. The minimum absolute atomic E-state index is 0.396. The van der Waals surface area contributed by atoms with Crippen molar-refractivity contribution in [2.45, 2.75) is 26.4 Å². The zero-order valence-corrected chi connectivity index (χ0v) is 9.66. The summed E-state index contributed by atoms with van der Waals surface area (Å²) in [7, 11) is 0. The topological polar surface area (TPSA) is 56.7 Å². The van der Waals surface area contributed by atoms with E-state index in [1.54, 1.807) is 11.3 Å². The molecular weight excluding hydrogens is 208 g/mol. The molecule has 0 radical (unpaired) electrons. The first kappa shape index (κ1) is 10.3. The van der Waals surface area contributed by atoms with Gasteiger partial charge >= 0.3 is 0 Å². The average Bonchev–Trinajstić information content (AvgIpc) is 2.85. The van der Waals surface area contributed by atoms with Gasteiger partial charge in [-0.3, -0.25) is 0 Å². The minimum atomic E-state index is 0.396. The fourth-order valence-corrected chi connectivity index (χ4v) is 2.25. The summed E-state index contributed by atoms with van der Waals surface area (Å²) in [4.78, 5) is 8.60. The van der Waals surface area contributed by atoms with E-state index < -0.39 is 0 Å². The molecule has 0 atom stereocenters. The van der Waals surface area contributed by atoms with Crippen LogP contribution < -0.4 is 5.73 Å². The number of nitrogens with zero attached hydrogens (tertiary/aromatic N) is 3. The minimum Gasteiger partial charge on any atom is -0.326 e. The molecule has 0 saturated carbocycles. The number of aromatic nitrogens is 3. The largest absolute Gasteiger partial charge is 0.326 e. The van der Waals surface area contributed by atoms with Crippen LogP contribution in [0.5, 0.6) is 0 Å². The average molecular weight is 222 g/mol. The van der Waals surface area contributed by atoms with Crippen molar-refractivity contribution in [2.24, 2.45) is 5.73 Å². The van der Waals surface area contributed by atoms with E-state index in [1.165, 1.54) is 0 Å². The fourth-order valence-electron chi connectivity index (χ4n) is 1.40. The van der Waals surface area contributed by atoms with Gasteiger partial charge in [-0.1, -0.05) is 0 Å². The van der Waals surface area contributed by atoms with E-state index in [2.05, 4.69) is 28.4 Å². The predicted molar refractivity (Wildman–Crippen MR) is 61.6 cm³/mol. The Kier molecular flexibility index (Phi) is 2.83. The molecule has 0 unspecified atom stereocenters. The maximum Gasteiger partial charge on any atom is 0.141 e. The highest BCUT2D eigenvalue weighted by molar-refractivity contribution is 7.13. The Balaban J connectivity index is 2.40. The smallest absolute Gasteiger partial charge is 0.141 e. The molecule has 0 amide bonds. The Bertz CT molecular complexity index is 444. The van der Waals surface area contributed by atoms with Crippen LogP contribution in [-0.2, 0) is 6.54 Å². The van der Waals surface area contributed by atoms with Gasteiger partial charge in [-0.05, 0) is 13.8 Å². The van der Waals surface area contributed by atoms with E-state index in [-0.39, 0.29) is 0 Å². The standard InChI is InChI=1S/C10H14N4S/c1-7(2)14-6-12-4-9(14)10-13-8(3-11)5-15-10/h4-7H,3,11H2,1-2H3. The monoisotopic (exact) mass is 222 g/mol. The van der Waals surface area contributed by atoms with E-state index in [1.807, 2.05) is 17.9 Å². The van der Waals surface area contributed by atoms with Crippen molar-refractivity contribution >= 4 is 11.3 Å². The molecule has 5 heteroatoms. The summed E-state index contributed by atoms with van der Waals surface area (Å²) >= 11 is 1.61. The first-order valence-corrected chi connectivity index (χ1v) is 5.77. The number of hydrogen-bond donors (Lipinski definition) is 1. The van der Waals surface area contributed by atoms with Gasteiger partial charge in [0.05, 0.1) is 23.9 Å². The highest BCUT2D eigenvalue weighted by Crippen LogP contribution is 2.25. The summed E-state index contributed by atoms with van der Waals surface area (Å²) in [5.41, 5.74) is 7.54. The van der Waals surface area contributed by atoms with Crippen LogP contribution in [0.3, 0.4) is 0 Å². The van der Waals surface area contributed by atoms with Crippen LogP contribution in [0.2, 0.25) is 0 Å². The van der Waals surface area contributed by atoms with Gasteiger partial charge in [-0.2, -0.15) is 0 Å². The zero-order chi connectivity index (χ0) is 10.8. The van der Waals surface area contributed by atoms with E-state index in [0.717, 1.165) is 16.4 Å². The van der Waals surface area contributed by atoms with Crippen LogP contribution in [0.1, 0.15) is 25.6 Å². The van der Waals surface area contributed by atoms with Gasteiger partial charge in [-0.15, -0.1) is 11.3 Å². The van der Waals surface area contributed by atoms with Crippen LogP contribution in [0.25, 0.3) is 10.7 Å². The summed E-state index contributed by atoms with van der Waals surface area (Å²) in [6.07, 6.45) is 3.68. The van der Waals surface area contributed by atoms with Crippen molar-refractivity contribution in [2.75, 3.05) is 0 Å². The lowest BCUT2D eigenvalue weighted by Crippen LogP contribution is -2.01. The molecule has 4 nitrogen and oxygen atoms in total. The molecule has 2 aromatic heterocycles. The molecule has 2 N–H and O–H groups in total. The molecule has 0 spiro atoms. The molecule has 0 aliphatic heterocycles. The lowest BCUT2D eigenvalue weighted by atomic mass is 10.3. The Morgan fingerprint density at radius 2 is 2.33 bits per heavy atom. The Morgan fingerprint density at radius 1 is 1.53 bits per heavy atom. The molecule has 0 fully saturated rings. The van der Waals surface area contributed by atoms with Crippen LogP contribution in [0.15, 0.2) is 17.9 Å². The molecule has 2 heterocycles. The maximum atomic E-state index is 5.54. The quantitative estimate of drug-likeness (QED) is 0.864. The third kappa shape index (κ3) is 1.93. The van der Waals surface area contributed by atoms with Gasteiger partial charge < -0.3 is 10.3 Å². The molecule has 2 rings (SSSR count). The number of imidazole rings is 1. The number of hydrogen-bond acceptors (Lipinski definition) is 4. The highest BCUT2D eigenvalue weighted by atomic mass is 32.1. The third-order valence-corrected chi connectivity index (χ3v) is 3.12. The summed E-state index contributed by atoms with van der Waals surface area (Å²) in [5, 5.41) is 2.98. The van der Waals surface area contributed by atoms with Crippen LogP contribution in [-0.4, -0.2) is 14.5 Å². The molecule has 80 valence electrons. The van der Waals surface area contributed by atoms with E-state index in [4.69, 9.17) is 5.73 Å². The number of nitrogens with two attached hydrogens (primary N) is 1. The second-order valence-corrected chi connectivity index (χ2v) is 4.49. The van der Waals surface area contributed by atoms with E-state index in [9.17, 15) is 0 Å². The Hall–Kier alpha value is -1.20. The van der Waals surface area contributed by atoms with Gasteiger partial charge in [0.1, 0.15) is 5.01 Å². The van der Waals surface area contributed by atoms with Gasteiger partial charge in [0.25, 0.3) is 0 Å². The summed E-state index contributed by atoms with van der Waals surface area (Å²) in [5.74, 6) is 0. The van der Waals surface area contributed by atoms with Crippen molar-refractivity contribution in [3.8, 4) is 10.7 Å². The van der Waals surface area contributed by atoms with Gasteiger partial charge in [-0.25, -0.2) is 9.97 Å². The van der Waals surface area contributed by atoms with E-state index >= 15 is 0 Å². The third-order valence-electron chi connectivity index (χ3n) is 2.20. The number of thiazole rings is 1. The van der Waals surface area contributed by atoms with Crippen LogP contribution >= 0.6 is 11.3 Å². The summed E-state index contributed by atoms with van der Waals surface area (Å²) in [6.45, 7) is 4.75. The van der Waals surface area contributed by atoms with Gasteiger partial charge in [0.2, 0.25) is 0 Å². The van der Waals surface area contributed by atoms with Crippen molar-refractivity contribution in [3.63, 3.8) is 0 Å². The van der Waals surface area contributed by atoms with Gasteiger partial charge in [0, 0.05) is 18.0 Å². The normalized spacial score (nSPS) is 11.2. The molecular formula is C10H14N4S. The molecule has 0 bridgehead atoms. The first-order chi connectivity index (χ1) is 7.22. The molecule has 0 saturated heterocycles. The lowest BCUT2D eigenvalue weighted by Gasteiger charge is -2.09. The first-order valence-electron chi connectivity index (χ1n) is 4.89. The zero-order valence-electron chi connectivity index (χ0n) is 8.84.